The van der Waals surface area contributed by atoms with Gasteiger partial charge in [-0.3, -0.25) is 0 Å². The molecule has 0 aromatic rings. The molecule has 2 aliphatic rings. The van der Waals surface area contributed by atoms with E-state index >= 15 is 0 Å². The fraction of sp³-hybridized carbons (Fsp3) is 1.00. The summed E-state index contributed by atoms with van der Waals surface area (Å²) < 4.78 is 0. The minimum Gasteiger partial charge on any atom is -0.314 e. The van der Waals surface area contributed by atoms with Crippen LogP contribution in [-0.2, 0) is 0 Å². The number of hydrogen-bond donors (Lipinski definition) is 1. The molecule has 0 aromatic carbocycles. The first-order valence-electron chi connectivity index (χ1n) is 8.18. The van der Waals surface area contributed by atoms with Crippen molar-refractivity contribution in [1.82, 2.24) is 10.2 Å². The molecule has 4 unspecified atom stereocenters. The van der Waals surface area contributed by atoms with E-state index in [4.69, 9.17) is 0 Å². The maximum atomic E-state index is 3.73. The van der Waals surface area contributed by atoms with Crippen LogP contribution >= 0.6 is 0 Å². The first kappa shape index (κ1) is 14.3. The van der Waals surface area contributed by atoms with Gasteiger partial charge in [-0.2, -0.15) is 0 Å². The minimum absolute atomic E-state index is 0.784. The van der Waals surface area contributed by atoms with E-state index < -0.39 is 0 Å². The van der Waals surface area contributed by atoms with Crippen LogP contribution in [0, 0.1) is 17.8 Å². The van der Waals surface area contributed by atoms with Crippen LogP contribution in [0.25, 0.3) is 0 Å². The molecule has 2 heteroatoms. The second kappa shape index (κ2) is 6.91. The Morgan fingerprint density at radius 1 is 1.17 bits per heavy atom. The molecule has 0 amide bonds. The predicted molar refractivity (Wildman–Crippen MR) is 78.8 cm³/mol. The molecule has 0 spiro atoms. The van der Waals surface area contributed by atoms with E-state index in [-0.39, 0.29) is 0 Å². The van der Waals surface area contributed by atoms with Crippen LogP contribution in [0.2, 0.25) is 0 Å². The lowest BCUT2D eigenvalue weighted by Gasteiger charge is -2.37. The first-order valence-corrected chi connectivity index (χ1v) is 8.18. The average molecular weight is 252 g/mol. The van der Waals surface area contributed by atoms with Gasteiger partial charge in [0.15, 0.2) is 0 Å². The van der Waals surface area contributed by atoms with E-state index in [0.717, 1.165) is 30.3 Å². The van der Waals surface area contributed by atoms with Crippen molar-refractivity contribution in [2.75, 3.05) is 26.2 Å². The second-order valence-corrected chi connectivity index (χ2v) is 6.66. The van der Waals surface area contributed by atoms with Gasteiger partial charge in [0.2, 0.25) is 0 Å². The smallest absolute Gasteiger partial charge is 0.0108 e. The summed E-state index contributed by atoms with van der Waals surface area (Å²) in [6, 6.07) is 0.784. The van der Waals surface area contributed by atoms with Crippen molar-refractivity contribution in [3.8, 4) is 0 Å². The van der Waals surface area contributed by atoms with Crippen LogP contribution in [0.15, 0.2) is 0 Å². The Bertz CT molecular complexity index is 241. The molecule has 0 bridgehead atoms. The molecule has 1 aliphatic carbocycles. The quantitative estimate of drug-likeness (QED) is 0.809. The van der Waals surface area contributed by atoms with Gasteiger partial charge < -0.3 is 10.2 Å². The van der Waals surface area contributed by atoms with E-state index in [1.165, 1.54) is 51.7 Å². The fourth-order valence-electron chi connectivity index (χ4n) is 3.97. The van der Waals surface area contributed by atoms with Crippen molar-refractivity contribution in [2.24, 2.45) is 17.8 Å². The largest absolute Gasteiger partial charge is 0.314 e. The average Bonchev–Trinajstić information content (AvgIpc) is 2.80. The highest BCUT2D eigenvalue weighted by Crippen LogP contribution is 2.31. The van der Waals surface area contributed by atoms with Gasteiger partial charge in [-0.25, -0.2) is 0 Å². The molecular formula is C16H32N2. The summed E-state index contributed by atoms with van der Waals surface area (Å²) in [6.45, 7) is 12.2. The Morgan fingerprint density at radius 2 is 2.00 bits per heavy atom. The maximum absolute atomic E-state index is 3.73. The highest BCUT2D eigenvalue weighted by atomic mass is 15.2. The van der Waals surface area contributed by atoms with Crippen LogP contribution in [-0.4, -0.2) is 37.1 Å². The maximum Gasteiger partial charge on any atom is 0.0108 e. The normalized spacial score (nSPS) is 38.2. The van der Waals surface area contributed by atoms with Gasteiger partial charge in [-0.1, -0.05) is 27.2 Å². The number of hydrogen-bond acceptors (Lipinski definition) is 2. The van der Waals surface area contributed by atoms with E-state index in [9.17, 15) is 0 Å². The van der Waals surface area contributed by atoms with Gasteiger partial charge >= 0.3 is 0 Å². The van der Waals surface area contributed by atoms with E-state index in [1.807, 2.05) is 0 Å². The Morgan fingerprint density at radius 3 is 2.67 bits per heavy atom. The second-order valence-electron chi connectivity index (χ2n) is 6.66. The third-order valence-corrected chi connectivity index (χ3v) is 5.15. The molecule has 1 N–H and O–H groups in total. The van der Waals surface area contributed by atoms with Gasteiger partial charge in [0.1, 0.15) is 0 Å². The van der Waals surface area contributed by atoms with Crippen LogP contribution in [0.5, 0.6) is 0 Å². The third-order valence-electron chi connectivity index (χ3n) is 5.15. The molecule has 0 aromatic heterocycles. The molecule has 18 heavy (non-hydrogen) atoms. The van der Waals surface area contributed by atoms with Crippen molar-refractivity contribution >= 4 is 0 Å². The van der Waals surface area contributed by atoms with Crippen molar-refractivity contribution < 1.29 is 0 Å². The number of likely N-dealkylation sites (tertiary alicyclic amines) is 1. The monoisotopic (exact) mass is 252 g/mol. The van der Waals surface area contributed by atoms with Gasteiger partial charge in [-0.15, -0.1) is 0 Å². The summed E-state index contributed by atoms with van der Waals surface area (Å²) in [5.41, 5.74) is 0. The standard InChI is InChI=1S/C16H32N2/c1-4-14-8-9-18(11-14)12-15-10-13(3)6-7-16(15)17-5-2/h13-17H,4-12H2,1-3H3. The molecule has 106 valence electrons. The van der Waals surface area contributed by atoms with Crippen molar-refractivity contribution in [3.63, 3.8) is 0 Å². The SMILES string of the molecule is CCNC1CCC(C)CC1CN1CCC(CC)C1. The van der Waals surface area contributed by atoms with Gasteiger partial charge in [0, 0.05) is 19.1 Å². The van der Waals surface area contributed by atoms with Gasteiger partial charge in [0.05, 0.1) is 0 Å². The topological polar surface area (TPSA) is 15.3 Å². The molecule has 2 rings (SSSR count). The van der Waals surface area contributed by atoms with Crippen LogP contribution in [0.4, 0.5) is 0 Å². The zero-order valence-corrected chi connectivity index (χ0v) is 12.6. The summed E-state index contributed by atoms with van der Waals surface area (Å²) >= 11 is 0. The minimum atomic E-state index is 0.784. The predicted octanol–water partition coefficient (Wildman–Crippen LogP) is 3.13. The van der Waals surface area contributed by atoms with Gasteiger partial charge in [0.25, 0.3) is 0 Å². The molecule has 1 heterocycles. The zero-order chi connectivity index (χ0) is 13.0. The molecule has 1 saturated carbocycles. The summed E-state index contributed by atoms with van der Waals surface area (Å²) in [7, 11) is 0. The number of nitrogens with zero attached hydrogens (tertiary/aromatic N) is 1. The molecule has 2 fully saturated rings. The first-order chi connectivity index (χ1) is 8.72. The molecular weight excluding hydrogens is 220 g/mol. The van der Waals surface area contributed by atoms with Crippen LogP contribution in [0.3, 0.4) is 0 Å². The highest BCUT2D eigenvalue weighted by molar-refractivity contribution is 4.87. The Labute approximate surface area is 114 Å². The summed E-state index contributed by atoms with van der Waals surface area (Å²) in [5.74, 6) is 2.81. The summed E-state index contributed by atoms with van der Waals surface area (Å²) in [4.78, 5) is 2.74. The summed E-state index contributed by atoms with van der Waals surface area (Å²) in [5, 5.41) is 3.73. The van der Waals surface area contributed by atoms with E-state index in [0.29, 0.717) is 0 Å². The van der Waals surface area contributed by atoms with Crippen LogP contribution in [0.1, 0.15) is 52.9 Å². The van der Waals surface area contributed by atoms with Crippen molar-refractivity contribution in [3.05, 3.63) is 0 Å². The van der Waals surface area contributed by atoms with E-state index in [2.05, 4.69) is 31.0 Å². The van der Waals surface area contributed by atoms with Crippen molar-refractivity contribution in [1.29, 1.82) is 0 Å². The molecule has 2 nitrogen and oxygen atoms in total. The van der Waals surface area contributed by atoms with Crippen molar-refractivity contribution in [2.45, 2.75) is 58.9 Å². The fourth-order valence-corrected chi connectivity index (χ4v) is 3.97. The number of rotatable bonds is 5. The zero-order valence-electron chi connectivity index (χ0n) is 12.6. The molecule has 1 saturated heterocycles. The Kier molecular flexibility index (Phi) is 5.50. The summed E-state index contributed by atoms with van der Waals surface area (Å²) in [6.07, 6.45) is 7.06. The van der Waals surface area contributed by atoms with Crippen LogP contribution < -0.4 is 5.32 Å². The molecule has 1 aliphatic heterocycles. The van der Waals surface area contributed by atoms with E-state index in [1.54, 1.807) is 0 Å². The lowest BCUT2D eigenvalue weighted by molar-refractivity contribution is 0.158. The van der Waals surface area contributed by atoms with Gasteiger partial charge in [-0.05, 0) is 56.5 Å². The Balaban J connectivity index is 1.84. The molecule has 0 radical (unpaired) electrons. The lowest BCUT2D eigenvalue weighted by atomic mass is 9.78. The third kappa shape index (κ3) is 3.71. The lowest BCUT2D eigenvalue weighted by Crippen LogP contribution is -2.45. The highest BCUT2D eigenvalue weighted by Gasteiger charge is 2.31. The molecule has 4 atom stereocenters. The Hall–Kier alpha value is -0.0800. The number of nitrogens with one attached hydrogen (secondary N) is 1.